The zero-order valence-corrected chi connectivity index (χ0v) is 30.2. The van der Waals surface area contributed by atoms with E-state index in [1.807, 2.05) is 72.8 Å². The number of carbonyl (C=O) groups is 2. The molecule has 0 saturated heterocycles. The molecule has 0 N–H and O–H groups in total. The van der Waals surface area contributed by atoms with Crippen LogP contribution in [0.15, 0.2) is 121 Å². The fourth-order valence-corrected chi connectivity index (χ4v) is 16.0. The van der Waals surface area contributed by atoms with Gasteiger partial charge in [-0.25, -0.2) is 0 Å². The molecule has 4 aromatic carbocycles. The molecule has 0 heterocycles. The van der Waals surface area contributed by atoms with Crippen molar-refractivity contribution < 1.29 is 23.2 Å². The van der Waals surface area contributed by atoms with Crippen LogP contribution < -0.4 is 20.7 Å². The zero-order chi connectivity index (χ0) is 33.4. The van der Waals surface area contributed by atoms with Crippen molar-refractivity contribution in [1.82, 2.24) is 0 Å². The molecular weight excluding hydrogens is 605 g/mol. The third-order valence-electron chi connectivity index (χ3n) is 8.77. The number of methoxy groups -OCH3 is 1. The second-order valence-corrected chi connectivity index (χ2v) is 22.4. The highest BCUT2D eigenvalue weighted by atomic mass is 28.4. The summed E-state index contributed by atoms with van der Waals surface area (Å²) in [7, 11) is -4.74. The molecule has 0 aliphatic rings. The van der Waals surface area contributed by atoms with Crippen molar-refractivity contribution in [2.75, 3.05) is 7.11 Å². The van der Waals surface area contributed by atoms with Gasteiger partial charge in [-0.2, -0.15) is 0 Å². The van der Waals surface area contributed by atoms with E-state index in [0.29, 0.717) is 0 Å². The van der Waals surface area contributed by atoms with Gasteiger partial charge in [0.15, 0.2) is 0 Å². The van der Waals surface area contributed by atoms with E-state index in [0.717, 1.165) is 27.0 Å². The molecule has 0 aliphatic heterocycles. The number of esters is 1. The molecule has 242 valence electrons. The predicted octanol–water partition coefficient (Wildman–Crippen LogP) is 6.03. The minimum absolute atomic E-state index is 0.00452. The van der Waals surface area contributed by atoms with Crippen LogP contribution in [0.1, 0.15) is 54.4 Å². The van der Waals surface area contributed by atoms with Gasteiger partial charge >= 0.3 is 5.97 Å². The lowest BCUT2D eigenvalue weighted by atomic mass is 10.1. The molecule has 0 spiro atoms. The molecule has 0 aromatic heterocycles. The van der Waals surface area contributed by atoms with E-state index in [-0.39, 0.29) is 22.9 Å². The minimum Gasteiger partial charge on any atom is -0.469 e. The van der Waals surface area contributed by atoms with Gasteiger partial charge in [0.2, 0.25) is 0 Å². The van der Waals surface area contributed by atoms with Gasteiger partial charge in [0.05, 0.1) is 19.6 Å². The SMILES string of the molecule is COC(=O)C[C@H](C[C@H](C=O)O[Si](c1ccccc1)(c1ccccc1)C(C)(C)C)O[Si](c1ccccc1)(c1ccccc1)C(C)(C)C. The molecule has 0 radical (unpaired) electrons. The summed E-state index contributed by atoms with van der Waals surface area (Å²) in [5, 5.41) is 3.71. The van der Waals surface area contributed by atoms with E-state index in [1.54, 1.807) is 0 Å². The molecule has 0 bridgehead atoms. The normalized spacial score (nSPS) is 13.9. The van der Waals surface area contributed by atoms with Crippen LogP contribution in [-0.4, -0.2) is 48.2 Å². The van der Waals surface area contributed by atoms with Crippen molar-refractivity contribution >= 4 is 49.6 Å². The number of benzene rings is 4. The number of ether oxygens (including phenoxy) is 1. The molecule has 0 unspecified atom stereocenters. The Hall–Kier alpha value is -3.63. The lowest BCUT2D eigenvalue weighted by Gasteiger charge is -2.46. The van der Waals surface area contributed by atoms with Gasteiger partial charge in [-0.15, -0.1) is 0 Å². The lowest BCUT2D eigenvalue weighted by molar-refractivity contribution is -0.143. The number of rotatable bonds is 13. The van der Waals surface area contributed by atoms with Crippen LogP contribution in [0.5, 0.6) is 0 Å². The maximum absolute atomic E-state index is 13.1. The Bertz CT molecular complexity index is 1450. The van der Waals surface area contributed by atoms with Crippen LogP contribution in [0.3, 0.4) is 0 Å². The summed E-state index contributed by atoms with van der Waals surface area (Å²) in [4.78, 5) is 26.1. The van der Waals surface area contributed by atoms with Gasteiger partial charge in [0.25, 0.3) is 16.6 Å². The first-order valence-corrected chi connectivity index (χ1v) is 19.8. The maximum Gasteiger partial charge on any atom is 0.308 e. The summed E-state index contributed by atoms with van der Waals surface area (Å²) in [6.07, 6.45) is -0.396. The Balaban J connectivity index is 1.85. The summed E-state index contributed by atoms with van der Waals surface area (Å²) in [5.74, 6) is -0.391. The second-order valence-electron chi connectivity index (χ2n) is 13.9. The summed E-state index contributed by atoms with van der Waals surface area (Å²) < 4.78 is 19.8. The second kappa shape index (κ2) is 14.9. The van der Waals surface area contributed by atoms with Crippen molar-refractivity contribution in [2.24, 2.45) is 0 Å². The molecule has 0 aliphatic carbocycles. The molecule has 0 saturated carbocycles. The van der Waals surface area contributed by atoms with Crippen molar-refractivity contribution in [3.05, 3.63) is 121 Å². The van der Waals surface area contributed by atoms with E-state index in [1.165, 1.54) is 7.11 Å². The Kier molecular flexibility index (Phi) is 11.4. The molecule has 4 rings (SSSR count). The Morgan fingerprint density at radius 1 is 0.609 bits per heavy atom. The van der Waals surface area contributed by atoms with Crippen LogP contribution in [-0.2, 0) is 23.2 Å². The number of hydrogen-bond acceptors (Lipinski definition) is 5. The minimum atomic E-state index is -3.06. The molecular formula is C39H48O5Si2. The fraction of sp³-hybridized carbons (Fsp3) is 0.333. The topological polar surface area (TPSA) is 61.8 Å². The number of hydrogen-bond donors (Lipinski definition) is 0. The van der Waals surface area contributed by atoms with Crippen molar-refractivity contribution in [1.29, 1.82) is 0 Å². The predicted molar refractivity (Wildman–Crippen MR) is 192 cm³/mol. The zero-order valence-electron chi connectivity index (χ0n) is 28.2. The van der Waals surface area contributed by atoms with E-state index >= 15 is 0 Å². The summed E-state index contributed by atoms with van der Waals surface area (Å²) >= 11 is 0. The quantitative estimate of drug-likeness (QED) is 0.100. The summed E-state index contributed by atoms with van der Waals surface area (Å²) in [6, 6.07) is 41.1. The fourth-order valence-electron chi connectivity index (χ4n) is 6.69. The molecule has 0 fully saturated rings. The first kappa shape index (κ1) is 35.2. The molecule has 4 aromatic rings. The highest BCUT2D eigenvalue weighted by Crippen LogP contribution is 2.40. The highest BCUT2D eigenvalue weighted by molar-refractivity contribution is 7.00. The Labute approximate surface area is 277 Å². The molecule has 7 heteroatoms. The van der Waals surface area contributed by atoms with Crippen LogP contribution in [0.25, 0.3) is 0 Å². The molecule has 5 nitrogen and oxygen atoms in total. The van der Waals surface area contributed by atoms with Gasteiger partial charge in [-0.05, 0) is 30.8 Å². The molecule has 2 atom stereocenters. The van der Waals surface area contributed by atoms with Gasteiger partial charge in [0, 0.05) is 6.42 Å². The standard InChI is InChI=1S/C39H48O5Si2/c1-38(2,3)45(33-20-12-8-13-21-33,34-22-14-9-15-23-34)43-31(29-37(41)42-7)28-32(30-40)44-46(39(4,5)6,35-24-16-10-17-25-35)36-26-18-11-19-27-36/h8-27,30-32H,28-29H2,1-7H3/t31-,32+/m0/s1. The van der Waals surface area contributed by atoms with E-state index in [9.17, 15) is 9.59 Å². The highest BCUT2D eigenvalue weighted by Gasteiger charge is 2.54. The van der Waals surface area contributed by atoms with Crippen LogP contribution in [0.4, 0.5) is 0 Å². The van der Waals surface area contributed by atoms with Crippen LogP contribution >= 0.6 is 0 Å². The molecule has 0 amide bonds. The van der Waals surface area contributed by atoms with Gasteiger partial charge in [0.1, 0.15) is 12.4 Å². The smallest absolute Gasteiger partial charge is 0.308 e. The van der Waals surface area contributed by atoms with Gasteiger partial charge < -0.3 is 18.4 Å². The van der Waals surface area contributed by atoms with E-state index < -0.39 is 34.8 Å². The lowest BCUT2D eigenvalue weighted by Crippen LogP contribution is -2.69. The largest absolute Gasteiger partial charge is 0.469 e. The Morgan fingerprint density at radius 2 is 0.935 bits per heavy atom. The van der Waals surface area contributed by atoms with E-state index in [4.69, 9.17) is 13.6 Å². The van der Waals surface area contributed by atoms with Crippen molar-refractivity contribution in [2.45, 2.75) is 76.7 Å². The first-order valence-electron chi connectivity index (χ1n) is 16.0. The Morgan fingerprint density at radius 3 is 1.22 bits per heavy atom. The average Bonchev–Trinajstić information content (AvgIpc) is 3.05. The first-order chi connectivity index (χ1) is 21.9. The van der Waals surface area contributed by atoms with Crippen LogP contribution in [0, 0.1) is 0 Å². The van der Waals surface area contributed by atoms with E-state index in [2.05, 4.69) is 90.1 Å². The van der Waals surface area contributed by atoms with Gasteiger partial charge in [-0.3, -0.25) is 4.79 Å². The number of aldehydes is 1. The van der Waals surface area contributed by atoms with Gasteiger partial charge in [-0.1, -0.05) is 163 Å². The molecule has 46 heavy (non-hydrogen) atoms. The van der Waals surface area contributed by atoms with Crippen molar-refractivity contribution in [3.8, 4) is 0 Å². The summed E-state index contributed by atoms with van der Waals surface area (Å²) in [6.45, 7) is 13.2. The monoisotopic (exact) mass is 652 g/mol. The summed E-state index contributed by atoms with van der Waals surface area (Å²) in [5.41, 5.74) is 0. The van der Waals surface area contributed by atoms with Crippen LogP contribution in [0.2, 0.25) is 10.1 Å². The van der Waals surface area contributed by atoms with Crippen molar-refractivity contribution in [3.63, 3.8) is 0 Å². The average molecular weight is 653 g/mol. The maximum atomic E-state index is 13.1. The number of carbonyl (C=O) groups excluding carboxylic acids is 2. The third kappa shape index (κ3) is 7.34. The third-order valence-corrected chi connectivity index (χ3v) is 18.9.